The first-order valence-corrected chi connectivity index (χ1v) is 6.24. The molecule has 15 heavy (non-hydrogen) atoms. The molecule has 1 fully saturated rings. The summed E-state index contributed by atoms with van der Waals surface area (Å²) in [6, 6.07) is 0.527. The second-order valence-corrected chi connectivity index (χ2v) is 4.70. The van der Waals surface area contributed by atoms with Crippen LogP contribution in [0.25, 0.3) is 0 Å². The third-order valence-corrected chi connectivity index (χ3v) is 3.47. The van der Waals surface area contributed by atoms with Crippen LogP contribution < -0.4 is 10.1 Å². The van der Waals surface area contributed by atoms with Crippen LogP contribution in [-0.4, -0.2) is 34.6 Å². The minimum Gasteiger partial charge on any atom is -0.494 e. The molecule has 1 aromatic rings. The van der Waals surface area contributed by atoms with Gasteiger partial charge >= 0.3 is 0 Å². The molecule has 0 spiro atoms. The summed E-state index contributed by atoms with van der Waals surface area (Å²) in [5, 5.41) is 3.34. The number of hydrogen-bond donors (Lipinski definition) is 1. The molecule has 0 aromatic carbocycles. The highest BCUT2D eigenvalue weighted by atomic mass is 32.2. The number of methoxy groups -OCH3 is 1. The van der Waals surface area contributed by atoms with Crippen molar-refractivity contribution >= 4 is 17.7 Å². The molecule has 82 valence electrons. The van der Waals surface area contributed by atoms with E-state index >= 15 is 0 Å². The van der Waals surface area contributed by atoms with E-state index in [0.717, 1.165) is 0 Å². The lowest BCUT2D eigenvalue weighted by molar-refractivity contribution is 0.411. The zero-order valence-electron chi connectivity index (χ0n) is 8.77. The van der Waals surface area contributed by atoms with E-state index in [4.69, 9.17) is 4.74 Å². The van der Waals surface area contributed by atoms with Gasteiger partial charge < -0.3 is 10.1 Å². The first kappa shape index (κ1) is 10.5. The van der Waals surface area contributed by atoms with Gasteiger partial charge in [-0.25, -0.2) is 9.97 Å². The maximum absolute atomic E-state index is 5.00. The van der Waals surface area contributed by atoms with Crippen molar-refractivity contribution in [2.45, 2.75) is 18.9 Å². The smallest absolute Gasteiger partial charge is 0.223 e. The van der Waals surface area contributed by atoms with Crippen LogP contribution in [0.15, 0.2) is 12.4 Å². The minimum absolute atomic E-state index is 0.527. The highest BCUT2D eigenvalue weighted by Crippen LogP contribution is 2.19. The van der Waals surface area contributed by atoms with Gasteiger partial charge in [-0.2, -0.15) is 11.8 Å². The number of aromatic nitrogens is 2. The SMILES string of the molecule is COc1cnc(NC2CCSCC2)nc1. The molecule has 5 heteroatoms. The van der Waals surface area contributed by atoms with Gasteiger partial charge in [0.05, 0.1) is 19.5 Å². The molecule has 1 N–H and O–H groups in total. The quantitative estimate of drug-likeness (QED) is 0.850. The Balaban J connectivity index is 1.91. The molecule has 1 saturated heterocycles. The molecule has 1 aliphatic rings. The summed E-state index contributed by atoms with van der Waals surface area (Å²) < 4.78 is 5.00. The molecular weight excluding hydrogens is 210 g/mol. The fraction of sp³-hybridized carbons (Fsp3) is 0.600. The summed E-state index contributed by atoms with van der Waals surface area (Å²) in [6.07, 6.45) is 5.76. The highest BCUT2D eigenvalue weighted by Gasteiger charge is 2.13. The van der Waals surface area contributed by atoms with Gasteiger partial charge in [-0.3, -0.25) is 0 Å². The third-order valence-electron chi connectivity index (χ3n) is 2.42. The molecule has 0 aliphatic carbocycles. The highest BCUT2D eigenvalue weighted by molar-refractivity contribution is 7.99. The van der Waals surface area contributed by atoms with E-state index in [9.17, 15) is 0 Å². The monoisotopic (exact) mass is 225 g/mol. The summed E-state index contributed by atoms with van der Waals surface area (Å²) in [7, 11) is 1.62. The van der Waals surface area contributed by atoms with Gasteiger partial charge in [0.15, 0.2) is 5.75 Å². The molecule has 4 nitrogen and oxygen atoms in total. The van der Waals surface area contributed by atoms with Gasteiger partial charge in [-0.1, -0.05) is 0 Å². The van der Waals surface area contributed by atoms with Gasteiger partial charge in [-0.05, 0) is 24.3 Å². The number of hydrogen-bond acceptors (Lipinski definition) is 5. The fourth-order valence-corrected chi connectivity index (χ4v) is 2.63. The number of rotatable bonds is 3. The molecular formula is C10H15N3OS. The number of thioether (sulfide) groups is 1. The van der Waals surface area contributed by atoms with Crippen molar-refractivity contribution in [3.8, 4) is 5.75 Å². The van der Waals surface area contributed by atoms with Crippen molar-refractivity contribution in [3.63, 3.8) is 0 Å². The van der Waals surface area contributed by atoms with E-state index in [1.165, 1.54) is 24.3 Å². The van der Waals surface area contributed by atoms with Crippen LogP contribution in [0, 0.1) is 0 Å². The fourth-order valence-electron chi connectivity index (χ4n) is 1.52. The number of nitrogens with zero attached hydrogens (tertiary/aromatic N) is 2. The van der Waals surface area contributed by atoms with Gasteiger partial charge in [0.25, 0.3) is 0 Å². The Labute approximate surface area is 93.8 Å². The Kier molecular flexibility index (Phi) is 3.66. The normalized spacial score (nSPS) is 17.4. The Bertz CT molecular complexity index is 298. The van der Waals surface area contributed by atoms with Crippen molar-refractivity contribution in [3.05, 3.63) is 12.4 Å². The zero-order valence-corrected chi connectivity index (χ0v) is 9.59. The van der Waals surface area contributed by atoms with Crippen molar-refractivity contribution < 1.29 is 4.74 Å². The average molecular weight is 225 g/mol. The van der Waals surface area contributed by atoms with E-state index in [0.29, 0.717) is 17.7 Å². The summed E-state index contributed by atoms with van der Waals surface area (Å²) in [4.78, 5) is 8.38. The Morgan fingerprint density at radius 3 is 2.60 bits per heavy atom. The molecule has 0 radical (unpaired) electrons. The molecule has 0 amide bonds. The molecule has 1 aromatic heterocycles. The average Bonchev–Trinajstić information content (AvgIpc) is 2.31. The molecule has 2 rings (SSSR count). The predicted molar refractivity (Wildman–Crippen MR) is 62.6 cm³/mol. The summed E-state index contributed by atoms with van der Waals surface area (Å²) in [5.41, 5.74) is 0. The van der Waals surface area contributed by atoms with Gasteiger partial charge in [0.1, 0.15) is 0 Å². The van der Waals surface area contributed by atoms with Crippen LogP contribution >= 0.6 is 11.8 Å². The maximum Gasteiger partial charge on any atom is 0.223 e. The lowest BCUT2D eigenvalue weighted by Crippen LogP contribution is -2.25. The summed E-state index contributed by atoms with van der Waals surface area (Å²) in [5.74, 6) is 3.86. The van der Waals surface area contributed by atoms with Crippen molar-refractivity contribution in [2.24, 2.45) is 0 Å². The minimum atomic E-state index is 0.527. The van der Waals surface area contributed by atoms with E-state index < -0.39 is 0 Å². The second-order valence-electron chi connectivity index (χ2n) is 3.48. The van der Waals surface area contributed by atoms with Crippen LogP contribution in [0.1, 0.15) is 12.8 Å². The van der Waals surface area contributed by atoms with E-state index in [1.54, 1.807) is 19.5 Å². The molecule has 2 heterocycles. The van der Waals surface area contributed by atoms with E-state index in [-0.39, 0.29) is 0 Å². The molecule has 0 saturated carbocycles. The Hall–Kier alpha value is -0.970. The summed E-state index contributed by atoms with van der Waals surface area (Å²) >= 11 is 2.01. The second kappa shape index (κ2) is 5.21. The first-order valence-electron chi connectivity index (χ1n) is 5.09. The number of ether oxygens (including phenoxy) is 1. The van der Waals surface area contributed by atoms with Gasteiger partial charge in [0.2, 0.25) is 5.95 Å². The van der Waals surface area contributed by atoms with Crippen molar-refractivity contribution in [1.82, 2.24) is 9.97 Å². The zero-order chi connectivity index (χ0) is 10.5. The Morgan fingerprint density at radius 1 is 1.33 bits per heavy atom. The van der Waals surface area contributed by atoms with Crippen LogP contribution in [-0.2, 0) is 0 Å². The van der Waals surface area contributed by atoms with Gasteiger partial charge in [-0.15, -0.1) is 0 Å². The van der Waals surface area contributed by atoms with Crippen LogP contribution in [0.2, 0.25) is 0 Å². The van der Waals surface area contributed by atoms with E-state index in [1.807, 2.05) is 11.8 Å². The number of nitrogens with one attached hydrogen (secondary N) is 1. The maximum atomic E-state index is 5.00. The van der Waals surface area contributed by atoms with E-state index in [2.05, 4.69) is 15.3 Å². The van der Waals surface area contributed by atoms with Crippen LogP contribution in [0.5, 0.6) is 5.75 Å². The molecule has 1 aliphatic heterocycles. The predicted octanol–water partition coefficient (Wildman–Crippen LogP) is 1.79. The molecule has 0 atom stereocenters. The third kappa shape index (κ3) is 2.99. The summed E-state index contributed by atoms with van der Waals surface area (Å²) in [6.45, 7) is 0. The standard InChI is InChI=1S/C10H15N3OS/c1-14-9-6-11-10(12-7-9)13-8-2-4-15-5-3-8/h6-8H,2-5H2,1H3,(H,11,12,13). The van der Waals surface area contributed by atoms with Crippen LogP contribution in [0.4, 0.5) is 5.95 Å². The largest absolute Gasteiger partial charge is 0.494 e. The van der Waals surface area contributed by atoms with Crippen molar-refractivity contribution in [2.75, 3.05) is 23.9 Å². The topological polar surface area (TPSA) is 47.0 Å². The number of anilines is 1. The molecule has 0 bridgehead atoms. The van der Waals surface area contributed by atoms with Crippen LogP contribution in [0.3, 0.4) is 0 Å². The first-order chi connectivity index (χ1) is 7.38. The lowest BCUT2D eigenvalue weighted by atomic mass is 10.2. The van der Waals surface area contributed by atoms with Gasteiger partial charge in [0, 0.05) is 6.04 Å². The molecule has 0 unspecified atom stereocenters. The Morgan fingerprint density at radius 2 is 2.00 bits per heavy atom. The van der Waals surface area contributed by atoms with Crippen molar-refractivity contribution in [1.29, 1.82) is 0 Å². The lowest BCUT2D eigenvalue weighted by Gasteiger charge is -2.22.